The fourth-order valence-electron chi connectivity index (χ4n) is 1.80. The van der Waals surface area contributed by atoms with E-state index in [1.54, 1.807) is 11.8 Å². The maximum absolute atomic E-state index is 11.0. The molecule has 0 aliphatic rings. The molecular weight excluding hydrogens is 362 g/mol. The molecule has 3 rings (SSSR count). The first-order valence-electron chi connectivity index (χ1n) is 7.10. The van der Waals surface area contributed by atoms with Crippen LogP contribution in [0.4, 0.5) is 16.0 Å². The fourth-order valence-corrected chi connectivity index (χ4v) is 4.32. The second-order valence-electron chi connectivity index (χ2n) is 4.98. The van der Waals surface area contributed by atoms with Gasteiger partial charge in [-0.1, -0.05) is 40.8 Å². The number of carbonyl (C=O) groups excluding carboxylic acids is 1. The molecule has 0 radical (unpaired) electrons. The molecule has 9 heteroatoms. The van der Waals surface area contributed by atoms with E-state index < -0.39 is 0 Å². The summed E-state index contributed by atoms with van der Waals surface area (Å²) in [6.45, 7) is 3.53. The summed E-state index contributed by atoms with van der Waals surface area (Å²) in [6.07, 6.45) is 0. The number of hydrogen-bond donors (Lipinski definition) is 2. The highest BCUT2D eigenvalue weighted by atomic mass is 32.2. The fraction of sp³-hybridized carbons (Fsp3) is 0.200. The molecular formula is C15H15N5OS3. The van der Waals surface area contributed by atoms with E-state index in [-0.39, 0.29) is 5.91 Å². The molecule has 6 nitrogen and oxygen atoms in total. The van der Waals surface area contributed by atoms with E-state index in [1.807, 2.05) is 29.6 Å². The van der Waals surface area contributed by atoms with Crippen LogP contribution < -0.4 is 10.6 Å². The van der Waals surface area contributed by atoms with Crippen LogP contribution in [-0.4, -0.2) is 21.1 Å². The lowest BCUT2D eigenvalue weighted by Gasteiger charge is -2.01. The lowest BCUT2D eigenvalue weighted by atomic mass is 10.2. The number of rotatable bonds is 6. The van der Waals surface area contributed by atoms with Gasteiger partial charge in [-0.2, -0.15) is 0 Å². The molecule has 2 aromatic heterocycles. The van der Waals surface area contributed by atoms with Gasteiger partial charge in [-0.3, -0.25) is 4.79 Å². The summed E-state index contributed by atoms with van der Waals surface area (Å²) in [5.41, 5.74) is 3.13. The number of amides is 1. The molecule has 0 fully saturated rings. The van der Waals surface area contributed by atoms with E-state index in [0.29, 0.717) is 10.9 Å². The third-order valence-corrected chi connectivity index (χ3v) is 5.70. The number of nitrogens with one attached hydrogen (secondary N) is 2. The lowest BCUT2D eigenvalue weighted by Crippen LogP contribution is -2.05. The Morgan fingerprint density at radius 1 is 1.21 bits per heavy atom. The summed E-state index contributed by atoms with van der Waals surface area (Å²) in [4.78, 5) is 15.4. The van der Waals surface area contributed by atoms with Gasteiger partial charge in [0.2, 0.25) is 11.0 Å². The van der Waals surface area contributed by atoms with Crippen molar-refractivity contribution in [1.82, 2.24) is 15.2 Å². The Labute approximate surface area is 151 Å². The summed E-state index contributed by atoms with van der Waals surface area (Å²) in [5, 5.41) is 17.6. The Morgan fingerprint density at radius 3 is 2.75 bits per heavy atom. The Morgan fingerprint density at radius 2 is 2.00 bits per heavy atom. The van der Waals surface area contributed by atoms with Crippen molar-refractivity contribution < 1.29 is 4.79 Å². The average Bonchev–Trinajstić information content (AvgIpc) is 3.16. The number of nitrogens with zero attached hydrogens (tertiary/aromatic N) is 3. The zero-order chi connectivity index (χ0) is 16.9. The number of aromatic nitrogens is 3. The highest BCUT2D eigenvalue weighted by Crippen LogP contribution is 2.30. The second-order valence-corrected chi connectivity index (χ2v) is 8.04. The van der Waals surface area contributed by atoms with Crippen LogP contribution in [0, 0.1) is 6.92 Å². The van der Waals surface area contributed by atoms with Gasteiger partial charge in [-0.15, -0.1) is 21.5 Å². The smallest absolute Gasteiger partial charge is 0.223 e. The highest BCUT2D eigenvalue weighted by Gasteiger charge is 2.08. The number of hydrogen-bond acceptors (Lipinski definition) is 8. The van der Waals surface area contributed by atoms with E-state index in [1.165, 1.54) is 35.2 Å². The monoisotopic (exact) mass is 377 g/mol. The van der Waals surface area contributed by atoms with Crippen molar-refractivity contribution in [1.29, 1.82) is 0 Å². The quantitative estimate of drug-likeness (QED) is 0.624. The number of aryl methyl sites for hydroxylation is 1. The molecule has 0 aliphatic heterocycles. The van der Waals surface area contributed by atoms with Gasteiger partial charge in [0.15, 0.2) is 9.47 Å². The van der Waals surface area contributed by atoms with E-state index in [2.05, 4.69) is 32.7 Å². The van der Waals surface area contributed by atoms with Gasteiger partial charge in [0.25, 0.3) is 0 Å². The van der Waals surface area contributed by atoms with Crippen molar-refractivity contribution >= 4 is 56.3 Å². The number of carbonyl (C=O) groups is 1. The van der Waals surface area contributed by atoms with Gasteiger partial charge in [-0.25, -0.2) is 4.98 Å². The Hall–Kier alpha value is -1.97. The predicted molar refractivity (Wildman–Crippen MR) is 100 cm³/mol. The minimum atomic E-state index is -0.112. The molecule has 0 saturated carbocycles. The molecule has 24 heavy (non-hydrogen) atoms. The van der Waals surface area contributed by atoms with Crippen molar-refractivity contribution in [2.24, 2.45) is 0 Å². The Kier molecular flexibility index (Phi) is 5.44. The van der Waals surface area contributed by atoms with E-state index in [0.717, 1.165) is 20.9 Å². The number of thioether (sulfide) groups is 1. The SMILES string of the molecule is CC(=O)Nc1nc(CSc2nnc(Nc3ccc(C)cc3)s2)cs1. The van der Waals surface area contributed by atoms with Crippen LogP contribution >= 0.6 is 34.4 Å². The van der Waals surface area contributed by atoms with Crippen LogP contribution in [0.5, 0.6) is 0 Å². The van der Waals surface area contributed by atoms with E-state index in [4.69, 9.17) is 0 Å². The molecule has 124 valence electrons. The van der Waals surface area contributed by atoms with Gasteiger partial charge in [0, 0.05) is 23.7 Å². The number of thiazole rings is 1. The Bertz CT molecular complexity index is 828. The predicted octanol–water partition coefficient (Wildman–Crippen LogP) is 4.30. The average molecular weight is 378 g/mol. The summed E-state index contributed by atoms with van der Waals surface area (Å²) in [6, 6.07) is 8.13. The largest absolute Gasteiger partial charge is 0.330 e. The first-order chi connectivity index (χ1) is 11.6. The lowest BCUT2D eigenvalue weighted by molar-refractivity contribution is -0.114. The summed E-state index contributed by atoms with van der Waals surface area (Å²) < 4.78 is 0.874. The number of benzene rings is 1. The van der Waals surface area contributed by atoms with Crippen molar-refractivity contribution in [3.63, 3.8) is 0 Å². The molecule has 1 amide bonds. The zero-order valence-electron chi connectivity index (χ0n) is 13.1. The molecule has 2 heterocycles. The summed E-state index contributed by atoms with van der Waals surface area (Å²) in [5.74, 6) is 0.578. The van der Waals surface area contributed by atoms with E-state index in [9.17, 15) is 4.79 Å². The molecule has 2 N–H and O–H groups in total. The van der Waals surface area contributed by atoms with Crippen LogP contribution in [0.15, 0.2) is 34.0 Å². The van der Waals surface area contributed by atoms with Crippen molar-refractivity contribution in [3.05, 3.63) is 40.9 Å². The molecule has 1 aromatic carbocycles. The minimum Gasteiger partial charge on any atom is -0.330 e. The third-order valence-electron chi connectivity index (χ3n) is 2.89. The molecule has 0 unspecified atom stereocenters. The standard InChI is InChI=1S/C15H15N5OS3/c1-9-3-5-11(6-4-9)17-14-19-20-15(24-14)23-8-12-7-22-13(18-12)16-10(2)21/h3-7H,8H2,1-2H3,(H,17,19)(H,16,18,21). The van der Waals surface area contributed by atoms with Crippen LogP contribution in [0.25, 0.3) is 0 Å². The molecule has 0 spiro atoms. The molecule has 0 bridgehead atoms. The van der Waals surface area contributed by atoms with Crippen molar-refractivity contribution in [2.75, 3.05) is 10.6 Å². The maximum Gasteiger partial charge on any atom is 0.223 e. The van der Waals surface area contributed by atoms with Crippen LogP contribution in [0.2, 0.25) is 0 Å². The normalized spacial score (nSPS) is 10.6. The molecule has 0 atom stereocenters. The van der Waals surface area contributed by atoms with Crippen molar-refractivity contribution in [2.45, 2.75) is 23.9 Å². The van der Waals surface area contributed by atoms with Crippen LogP contribution in [-0.2, 0) is 10.5 Å². The van der Waals surface area contributed by atoms with Gasteiger partial charge in [0.1, 0.15) is 0 Å². The van der Waals surface area contributed by atoms with Gasteiger partial charge >= 0.3 is 0 Å². The maximum atomic E-state index is 11.0. The van der Waals surface area contributed by atoms with Gasteiger partial charge < -0.3 is 10.6 Å². The zero-order valence-corrected chi connectivity index (χ0v) is 15.5. The van der Waals surface area contributed by atoms with Gasteiger partial charge in [0.05, 0.1) is 5.69 Å². The second kappa shape index (κ2) is 7.73. The Balaban J connectivity index is 1.55. The molecule has 3 aromatic rings. The van der Waals surface area contributed by atoms with Crippen molar-refractivity contribution in [3.8, 4) is 0 Å². The third kappa shape index (κ3) is 4.76. The summed E-state index contributed by atoms with van der Waals surface area (Å²) >= 11 is 4.50. The highest BCUT2D eigenvalue weighted by molar-refractivity contribution is 8.00. The first kappa shape index (κ1) is 16.9. The molecule has 0 aliphatic carbocycles. The number of anilines is 3. The van der Waals surface area contributed by atoms with Crippen LogP contribution in [0.3, 0.4) is 0 Å². The molecule has 0 saturated heterocycles. The van der Waals surface area contributed by atoms with Crippen LogP contribution in [0.1, 0.15) is 18.2 Å². The minimum absolute atomic E-state index is 0.112. The topological polar surface area (TPSA) is 79.8 Å². The van der Waals surface area contributed by atoms with Gasteiger partial charge in [-0.05, 0) is 19.1 Å². The first-order valence-corrected chi connectivity index (χ1v) is 9.78. The van der Waals surface area contributed by atoms with E-state index >= 15 is 0 Å². The summed E-state index contributed by atoms with van der Waals surface area (Å²) in [7, 11) is 0.